The summed E-state index contributed by atoms with van der Waals surface area (Å²) in [5, 5.41) is 4.86. The van der Waals surface area contributed by atoms with Crippen molar-refractivity contribution in [2.75, 3.05) is 13.2 Å². The van der Waals surface area contributed by atoms with E-state index in [9.17, 15) is 9.59 Å². The predicted octanol–water partition coefficient (Wildman–Crippen LogP) is 3.01. The van der Waals surface area contributed by atoms with Crippen LogP contribution in [0.1, 0.15) is 39.0 Å². The smallest absolute Gasteiger partial charge is 0.359 e. The van der Waals surface area contributed by atoms with E-state index >= 15 is 0 Å². The van der Waals surface area contributed by atoms with Gasteiger partial charge in [0.1, 0.15) is 5.69 Å². The second-order valence-corrected chi connectivity index (χ2v) is 5.98. The van der Waals surface area contributed by atoms with E-state index in [1.807, 2.05) is 18.2 Å². The lowest BCUT2D eigenvalue weighted by molar-refractivity contribution is 0.0517. The quantitative estimate of drug-likeness (QED) is 0.770. The third-order valence-corrected chi connectivity index (χ3v) is 4.42. The molecule has 2 aromatic rings. The van der Waals surface area contributed by atoms with Gasteiger partial charge in [0.15, 0.2) is 5.69 Å². The van der Waals surface area contributed by atoms with Crippen LogP contribution < -0.4 is 0 Å². The average Bonchev–Trinajstić information content (AvgIpc) is 2.99. The van der Waals surface area contributed by atoms with Crippen molar-refractivity contribution in [2.45, 2.75) is 20.0 Å². The molecular weight excluding hydrogens is 342 g/mol. The molecule has 0 aliphatic carbocycles. The van der Waals surface area contributed by atoms with Gasteiger partial charge in [-0.3, -0.25) is 9.48 Å². The predicted molar refractivity (Wildman–Crippen MR) is 94.5 cm³/mol. The number of aromatic nitrogens is 2. The highest BCUT2D eigenvalue weighted by Crippen LogP contribution is 2.25. The van der Waals surface area contributed by atoms with Crippen LogP contribution in [0.2, 0.25) is 5.02 Å². The lowest BCUT2D eigenvalue weighted by atomic mass is 10.1. The molecule has 1 aliphatic rings. The van der Waals surface area contributed by atoms with Gasteiger partial charge in [0.2, 0.25) is 0 Å². The Kier molecular flexibility index (Phi) is 4.90. The number of benzene rings is 1. The summed E-state index contributed by atoms with van der Waals surface area (Å²) in [6.45, 7) is 7.05. The number of fused-ring (bicyclic) bond motifs is 1. The van der Waals surface area contributed by atoms with Crippen LogP contribution in [0.4, 0.5) is 0 Å². The fraction of sp³-hybridized carbons (Fsp3) is 0.278. The van der Waals surface area contributed by atoms with Crippen molar-refractivity contribution in [3.05, 3.63) is 58.4 Å². The van der Waals surface area contributed by atoms with Crippen LogP contribution in [0.15, 0.2) is 30.8 Å². The maximum absolute atomic E-state index is 12.9. The van der Waals surface area contributed by atoms with Gasteiger partial charge in [-0.15, -0.1) is 0 Å². The van der Waals surface area contributed by atoms with Gasteiger partial charge >= 0.3 is 5.97 Å². The van der Waals surface area contributed by atoms with E-state index in [4.69, 9.17) is 16.3 Å². The summed E-state index contributed by atoms with van der Waals surface area (Å²) in [5.41, 5.74) is 1.76. The Balaban J connectivity index is 1.93. The topological polar surface area (TPSA) is 64.4 Å². The van der Waals surface area contributed by atoms with Crippen LogP contribution in [0.3, 0.4) is 0 Å². The van der Waals surface area contributed by atoms with Crippen LogP contribution >= 0.6 is 11.6 Å². The highest BCUT2D eigenvalue weighted by atomic mass is 35.5. The zero-order valence-electron chi connectivity index (χ0n) is 13.9. The summed E-state index contributed by atoms with van der Waals surface area (Å²) in [6.07, 6.45) is 1.47. The maximum Gasteiger partial charge on any atom is 0.359 e. The number of rotatable bonds is 5. The molecule has 0 radical (unpaired) electrons. The lowest BCUT2D eigenvalue weighted by Gasteiger charge is -2.28. The van der Waals surface area contributed by atoms with E-state index in [0.717, 1.165) is 5.56 Å². The van der Waals surface area contributed by atoms with Crippen LogP contribution in [0.25, 0.3) is 6.08 Å². The zero-order valence-corrected chi connectivity index (χ0v) is 14.6. The number of esters is 1. The lowest BCUT2D eigenvalue weighted by Crippen LogP contribution is -2.40. The summed E-state index contributed by atoms with van der Waals surface area (Å²) >= 11 is 6.20. The van der Waals surface area contributed by atoms with Gasteiger partial charge in [-0.1, -0.05) is 42.5 Å². The Morgan fingerprint density at radius 1 is 1.40 bits per heavy atom. The van der Waals surface area contributed by atoms with Crippen molar-refractivity contribution in [1.29, 1.82) is 0 Å². The summed E-state index contributed by atoms with van der Waals surface area (Å²) in [5.74, 6) is -0.756. The average molecular weight is 360 g/mol. The third-order valence-electron chi connectivity index (χ3n) is 4.05. The van der Waals surface area contributed by atoms with Gasteiger partial charge in [-0.2, -0.15) is 5.10 Å². The molecule has 1 aliphatic heterocycles. The molecule has 1 amide bonds. The Bertz CT molecular complexity index is 844. The first-order valence-corrected chi connectivity index (χ1v) is 8.37. The Morgan fingerprint density at radius 3 is 2.84 bits per heavy atom. The molecule has 7 heteroatoms. The van der Waals surface area contributed by atoms with Gasteiger partial charge in [-0.05, 0) is 18.6 Å². The second-order valence-electron chi connectivity index (χ2n) is 5.58. The number of hydrogen-bond donors (Lipinski definition) is 0. The maximum atomic E-state index is 12.9. The van der Waals surface area contributed by atoms with E-state index in [1.165, 1.54) is 6.08 Å². The summed E-state index contributed by atoms with van der Waals surface area (Å²) in [7, 11) is 0. The van der Waals surface area contributed by atoms with Crippen molar-refractivity contribution < 1.29 is 14.3 Å². The van der Waals surface area contributed by atoms with Gasteiger partial charge in [0.05, 0.1) is 13.2 Å². The highest BCUT2D eigenvalue weighted by Gasteiger charge is 2.32. The molecule has 0 fully saturated rings. The third kappa shape index (κ3) is 3.17. The molecule has 0 unspecified atom stereocenters. The summed E-state index contributed by atoms with van der Waals surface area (Å²) in [6, 6.07) is 7.41. The zero-order chi connectivity index (χ0) is 18.0. The molecule has 0 bridgehead atoms. The standard InChI is InChI=1S/C18H18ClN3O3/c1-3-13-15(18(24)25-4-2)20-22-10-9-21(17(23)16(13)22)11-12-7-5-6-8-14(12)19/h3,5-8H,1,4,9-11H2,2H3. The molecule has 130 valence electrons. The van der Waals surface area contributed by atoms with Crippen molar-refractivity contribution >= 4 is 29.6 Å². The van der Waals surface area contributed by atoms with Crippen molar-refractivity contribution in [2.24, 2.45) is 0 Å². The van der Waals surface area contributed by atoms with E-state index in [2.05, 4.69) is 11.7 Å². The Labute approximate surface area is 150 Å². The molecule has 25 heavy (non-hydrogen) atoms. The van der Waals surface area contributed by atoms with Crippen molar-refractivity contribution in [1.82, 2.24) is 14.7 Å². The fourth-order valence-corrected chi connectivity index (χ4v) is 3.05. The van der Waals surface area contributed by atoms with Crippen molar-refractivity contribution in [3.63, 3.8) is 0 Å². The molecule has 2 heterocycles. The van der Waals surface area contributed by atoms with Gasteiger partial charge in [-0.25, -0.2) is 4.79 Å². The first-order chi connectivity index (χ1) is 12.1. The SMILES string of the molecule is C=Cc1c(C(=O)OCC)nn2c1C(=O)N(Cc1ccccc1Cl)CC2. The van der Waals surface area contributed by atoms with E-state index < -0.39 is 5.97 Å². The molecule has 0 atom stereocenters. The van der Waals surface area contributed by atoms with Crippen LogP contribution in [0, 0.1) is 0 Å². The molecule has 0 spiro atoms. The first-order valence-electron chi connectivity index (χ1n) is 7.99. The van der Waals surface area contributed by atoms with Crippen molar-refractivity contribution in [3.8, 4) is 0 Å². The first kappa shape index (κ1) is 17.2. The van der Waals surface area contributed by atoms with Gasteiger partial charge in [0.25, 0.3) is 5.91 Å². The number of carbonyl (C=O) groups excluding carboxylic acids is 2. The number of amides is 1. The fourth-order valence-electron chi connectivity index (χ4n) is 2.86. The van der Waals surface area contributed by atoms with Crippen LogP contribution in [0.5, 0.6) is 0 Å². The molecular formula is C18H18ClN3O3. The van der Waals surface area contributed by atoms with Gasteiger partial charge in [0, 0.05) is 23.7 Å². The number of nitrogens with zero attached hydrogens (tertiary/aromatic N) is 3. The minimum Gasteiger partial charge on any atom is -0.461 e. The van der Waals surface area contributed by atoms with E-state index in [1.54, 1.807) is 22.6 Å². The molecule has 6 nitrogen and oxygen atoms in total. The minimum absolute atomic E-state index is 0.125. The largest absolute Gasteiger partial charge is 0.461 e. The monoisotopic (exact) mass is 359 g/mol. The van der Waals surface area contributed by atoms with Crippen LogP contribution in [-0.2, 0) is 17.8 Å². The second kappa shape index (κ2) is 7.11. The number of ether oxygens (including phenoxy) is 1. The minimum atomic E-state index is -0.551. The number of carbonyl (C=O) groups is 2. The molecule has 0 saturated heterocycles. The molecule has 3 rings (SSSR count). The Hall–Kier alpha value is -2.60. The van der Waals surface area contributed by atoms with E-state index in [-0.39, 0.29) is 18.2 Å². The summed E-state index contributed by atoms with van der Waals surface area (Å²) < 4.78 is 6.57. The molecule has 0 saturated carbocycles. The Morgan fingerprint density at radius 2 is 2.16 bits per heavy atom. The van der Waals surface area contributed by atoms with Gasteiger partial charge < -0.3 is 9.64 Å². The summed E-state index contributed by atoms with van der Waals surface area (Å²) in [4.78, 5) is 26.7. The van der Waals surface area contributed by atoms with E-state index in [0.29, 0.717) is 35.9 Å². The molecule has 1 aromatic heterocycles. The number of halogens is 1. The highest BCUT2D eigenvalue weighted by molar-refractivity contribution is 6.31. The normalized spacial score (nSPS) is 13.5. The molecule has 1 aromatic carbocycles. The molecule has 0 N–H and O–H groups in total. The number of hydrogen-bond acceptors (Lipinski definition) is 4. The van der Waals surface area contributed by atoms with Crippen LogP contribution in [-0.4, -0.2) is 39.7 Å².